The smallest absolute Gasteiger partial charge is 0.341 e. The quantitative estimate of drug-likeness (QED) is 0.710. The predicted octanol–water partition coefficient (Wildman–Crippen LogP) is 2.31. The van der Waals surface area contributed by atoms with Crippen molar-refractivity contribution in [3.63, 3.8) is 0 Å². The first-order valence-corrected chi connectivity index (χ1v) is 6.71. The van der Waals surface area contributed by atoms with Crippen molar-refractivity contribution in [1.29, 1.82) is 0 Å². The fraction of sp³-hybridized carbons (Fsp3) is 0.500. The molecule has 0 aliphatic carbocycles. The Bertz CT molecular complexity index is 462. The molecule has 1 rings (SSSR count). The van der Waals surface area contributed by atoms with Crippen molar-refractivity contribution in [1.82, 2.24) is 4.98 Å². The molecule has 2 N–H and O–H groups in total. The summed E-state index contributed by atoms with van der Waals surface area (Å²) in [5.41, 5.74) is 0.247. The second-order valence-electron chi connectivity index (χ2n) is 4.30. The van der Waals surface area contributed by atoms with Gasteiger partial charge in [-0.1, -0.05) is 19.8 Å². The van der Waals surface area contributed by atoms with Crippen molar-refractivity contribution in [2.75, 3.05) is 11.9 Å². The Morgan fingerprint density at radius 1 is 1.45 bits per heavy atom. The molecule has 0 saturated carbocycles. The Hall–Kier alpha value is -2.11. The number of anilines is 1. The summed E-state index contributed by atoms with van der Waals surface area (Å²) < 4.78 is 4.93. The van der Waals surface area contributed by atoms with E-state index >= 15 is 0 Å². The largest absolute Gasteiger partial charge is 0.480 e. The number of nitrogens with one attached hydrogen (secondary N) is 1. The minimum Gasteiger partial charge on any atom is -0.480 e. The molecule has 6 nitrogen and oxygen atoms in total. The van der Waals surface area contributed by atoms with Gasteiger partial charge < -0.3 is 15.2 Å². The first kappa shape index (κ1) is 15.9. The zero-order chi connectivity index (χ0) is 15.0. The SMILES string of the molecule is CCCCC(Nc1ncccc1C(=O)OCC)C(=O)O. The van der Waals surface area contributed by atoms with Gasteiger partial charge in [0.15, 0.2) is 0 Å². The van der Waals surface area contributed by atoms with Gasteiger partial charge >= 0.3 is 11.9 Å². The average Bonchev–Trinajstić information content (AvgIpc) is 2.43. The van der Waals surface area contributed by atoms with Crippen LogP contribution in [0.15, 0.2) is 18.3 Å². The maximum atomic E-state index is 11.8. The van der Waals surface area contributed by atoms with E-state index in [1.165, 1.54) is 6.20 Å². The summed E-state index contributed by atoms with van der Waals surface area (Å²) in [6.07, 6.45) is 3.67. The monoisotopic (exact) mass is 280 g/mol. The highest BCUT2D eigenvalue weighted by Gasteiger charge is 2.21. The summed E-state index contributed by atoms with van der Waals surface area (Å²) in [5, 5.41) is 12.0. The van der Waals surface area contributed by atoms with Crippen LogP contribution in [0.5, 0.6) is 0 Å². The van der Waals surface area contributed by atoms with Crippen LogP contribution in [0.3, 0.4) is 0 Å². The van der Waals surface area contributed by atoms with Crippen molar-refractivity contribution in [2.45, 2.75) is 39.2 Å². The van der Waals surface area contributed by atoms with Gasteiger partial charge in [0, 0.05) is 6.20 Å². The van der Waals surface area contributed by atoms with Crippen LogP contribution in [-0.2, 0) is 9.53 Å². The number of pyridine rings is 1. The molecule has 0 aliphatic heterocycles. The van der Waals surface area contributed by atoms with Gasteiger partial charge in [-0.3, -0.25) is 0 Å². The van der Waals surface area contributed by atoms with Crippen molar-refractivity contribution in [3.8, 4) is 0 Å². The number of aromatic nitrogens is 1. The highest BCUT2D eigenvalue weighted by molar-refractivity contribution is 5.95. The zero-order valence-electron chi connectivity index (χ0n) is 11.8. The number of hydrogen-bond acceptors (Lipinski definition) is 5. The number of unbranched alkanes of at least 4 members (excludes halogenated alkanes) is 1. The lowest BCUT2D eigenvalue weighted by atomic mass is 10.1. The average molecular weight is 280 g/mol. The summed E-state index contributed by atoms with van der Waals surface area (Å²) in [5.74, 6) is -1.23. The maximum Gasteiger partial charge on any atom is 0.341 e. The molecule has 1 aromatic heterocycles. The van der Waals surface area contributed by atoms with E-state index in [0.717, 1.165) is 12.8 Å². The van der Waals surface area contributed by atoms with Crippen LogP contribution in [0.4, 0.5) is 5.82 Å². The number of ether oxygens (including phenoxy) is 1. The van der Waals surface area contributed by atoms with Crippen molar-refractivity contribution < 1.29 is 19.4 Å². The summed E-state index contributed by atoms with van der Waals surface area (Å²) in [6, 6.07) is 2.41. The van der Waals surface area contributed by atoms with Gasteiger partial charge in [0.05, 0.1) is 6.61 Å². The molecule has 1 heterocycles. The van der Waals surface area contributed by atoms with Crippen molar-refractivity contribution >= 4 is 17.8 Å². The second-order valence-corrected chi connectivity index (χ2v) is 4.30. The van der Waals surface area contributed by atoms with Gasteiger partial charge in [0.25, 0.3) is 0 Å². The molecular weight excluding hydrogens is 260 g/mol. The van der Waals surface area contributed by atoms with E-state index in [1.54, 1.807) is 19.1 Å². The van der Waals surface area contributed by atoms with Crippen LogP contribution in [0.25, 0.3) is 0 Å². The molecule has 0 saturated heterocycles. The molecule has 0 spiro atoms. The Morgan fingerprint density at radius 2 is 2.20 bits per heavy atom. The van der Waals surface area contributed by atoms with E-state index in [1.807, 2.05) is 6.92 Å². The minimum atomic E-state index is -0.959. The van der Waals surface area contributed by atoms with Gasteiger partial charge in [-0.05, 0) is 25.5 Å². The molecule has 0 aromatic carbocycles. The molecule has 110 valence electrons. The number of hydrogen-bond donors (Lipinski definition) is 2. The van der Waals surface area contributed by atoms with E-state index in [0.29, 0.717) is 6.42 Å². The molecular formula is C14H20N2O4. The van der Waals surface area contributed by atoms with Crippen LogP contribution in [0.2, 0.25) is 0 Å². The Kier molecular flexibility index (Phi) is 6.49. The van der Waals surface area contributed by atoms with Crippen LogP contribution >= 0.6 is 0 Å². The van der Waals surface area contributed by atoms with Gasteiger partial charge in [-0.25, -0.2) is 14.6 Å². The van der Waals surface area contributed by atoms with Crippen LogP contribution < -0.4 is 5.32 Å². The molecule has 1 atom stereocenters. The van der Waals surface area contributed by atoms with Gasteiger partial charge in [0.2, 0.25) is 0 Å². The molecule has 6 heteroatoms. The number of nitrogens with zero attached hydrogens (tertiary/aromatic N) is 1. The fourth-order valence-corrected chi connectivity index (χ4v) is 1.72. The molecule has 0 amide bonds. The highest BCUT2D eigenvalue weighted by atomic mass is 16.5. The third kappa shape index (κ3) is 4.53. The molecule has 1 unspecified atom stereocenters. The topological polar surface area (TPSA) is 88.5 Å². The van der Waals surface area contributed by atoms with E-state index in [4.69, 9.17) is 4.74 Å². The van der Waals surface area contributed by atoms with E-state index < -0.39 is 18.0 Å². The van der Waals surface area contributed by atoms with Crippen molar-refractivity contribution in [3.05, 3.63) is 23.9 Å². The summed E-state index contributed by atoms with van der Waals surface area (Å²) in [7, 11) is 0. The number of aliphatic carboxylic acids is 1. The number of carboxylic acid groups (broad SMARTS) is 1. The Morgan fingerprint density at radius 3 is 2.80 bits per heavy atom. The molecule has 0 aliphatic rings. The first-order valence-electron chi connectivity index (χ1n) is 6.71. The van der Waals surface area contributed by atoms with E-state index in [9.17, 15) is 14.7 Å². The van der Waals surface area contributed by atoms with E-state index in [-0.39, 0.29) is 18.0 Å². The van der Waals surface area contributed by atoms with Gasteiger partial charge in [-0.2, -0.15) is 0 Å². The van der Waals surface area contributed by atoms with Crippen molar-refractivity contribution in [2.24, 2.45) is 0 Å². The number of carbonyl (C=O) groups excluding carboxylic acids is 1. The molecule has 0 radical (unpaired) electrons. The molecule has 20 heavy (non-hydrogen) atoms. The van der Waals surface area contributed by atoms with Gasteiger partial charge in [-0.15, -0.1) is 0 Å². The van der Waals surface area contributed by atoms with Crippen LogP contribution in [-0.4, -0.2) is 34.7 Å². The second kappa shape index (κ2) is 8.14. The summed E-state index contributed by atoms with van der Waals surface area (Å²) in [4.78, 5) is 27.0. The van der Waals surface area contributed by atoms with E-state index in [2.05, 4.69) is 10.3 Å². The lowest BCUT2D eigenvalue weighted by Crippen LogP contribution is -2.30. The minimum absolute atomic E-state index is 0.245. The normalized spacial score (nSPS) is 11.7. The lowest BCUT2D eigenvalue weighted by Gasteiger charge is -2.16. The number of carbonyl (C=O) groups is 2. The number of esters is 1. The molecule has 1 aromatic rings. The maximum absolute atomic E-state index is 11.8. The summed E-state index contributed by atoms with van der Waals surface area (Å²) >= 11 is 0. The Balaban J connectivity index is 2.89. The molecule has 0 fully saturated rings. The first-order chi connectivity index (χ1) is 9.60. The molecule has 0 bridgehead atoms. The predicted molar refractivity (Wildman–Crippen MR) is 74.8 cm³/mol. The third-order valence-corrected chi connectivity index (χ3v) is 2.76. The van der Waals surface area contributed by atoms with Crippen LogP contribution in [0.1, 0.15) is 43.5 Å². The Labute approximate surface area is 118 Å². The highest BCUT2D eigenvalue weighted by Crippen LogP contribution is 2.16. The fourth-order valence-electron chi connectivity index (χ4n) is 1.72. The number of carboxylic acids is 1. The summed E-state index contributed by atoms with van der Waals surface area (Å²) in [6.45, 7) is 3.96. The zero-order valence-corrected chi connectivity index (χ0v) is 11.8. The lowest BCUT2D eigenvalue weighted by molar-refractivity contribution is -0.138. The van der Waals surface area contributed by atoms with Crippen LogP contribution in [0, 0.1) is 0 Å². The van der Waals surface area contributed by atoms with Gasteiger partial charge in [0.1, 0.15) is 17.4 Å². The third-order valence-electron chi connectivity index (χ3n) is 2.76. The standard InChI is InChI=1S/C14H20N2O4/c1-3-5-8-11(13(17)18)16-12-10(7-6-9-15-12)14(19)20-4-2/h6-7,9,11H,3-5,8H2,1-2H3,(H,15,16)(H,17,18). The number of rotatable bonds is 8.